The van der Waals surface area contributed by atoms with Crippen molar-refractivity contribution in [2.45, 2.75) is 26.4 Å². The van der Waals surface area contributed by atoms with Gasteiger partial charge in [0, 0.05) is 11.8 Å². The molecule has 0 unspecified atom stereocenters. The van der Waals surface area contributed by atoms with Crippen molar-refractivity contribution >= 4 is 17.3 Å². The van der Waals surface area contributed by atoms with Gasteiger partial charge in [0.25, 0.3) is 0 Å². The first kappa shape index (κ1) is 17.6. The van der Waals surface area contributed by atoms with Gasteiger partial charge in [0.1, 0.15) is 34.6 Å². The zero-order valence-electron chi connectivity index (χ0n) is 13.4. The number of halogens is 1. The summed E-state index contributed by atoms with van der Waals surface area (Å²) in [4.78, 5) is 9.51. The van der Waals surface area contributed by atoms with Gasteiger partial charge in [0.2, 0.25) is 0 Å². The Hall–Kier alpha value is -2.78. The van der Waals surface area contributed by atoms with Gasteiger partial charge >= 0.3 is 0 Å². The first-order chi connectivity index (χ1) is 11.2. The summed E-state index contributed by atoms with van der Waals surface area (Å²) in [5.41, 5.74) is -0.0528. The second-order valence-electron chi connectivity index (χ2n) is 5.98. The SMILES string of the molecule is CC(C)(C)O/N=C(/c1cc(Cl)c(C#N)cc1O)c1ncccc1O. The Kier molecular flexibility index (Phi) is 4.96. The molecular formula is C17H16ClN3O3. The maximum absolute atomic E-state index is 10.2. The van der Waals surface area contributed by atoms with Crippen LogP contribution in [0.25, 0.3) is 0 Å². The predicted octanol–water partition coefficient (Wildman–Crippen LogP) is 3.59. The highest BCUT2D eigenvalue weighted by atomic mass is 35.5. The molecule has 2 aromatic rings. The molecule has 0 bridgehead atoms. The van der Waals surface area contributed by atoms with E-state index in [4.69, 9.17) is 21.7 Å². The molecule has 2 rings (SSSR count). The third-order valence-corrected chi connectivity index (χ3v) is 3.20. The number of benzene rings is 1. The third-order valence-electron chi connectivity index (χ3n) is 2.88. The lowest BCUT2D eigenvalue weighted by molar-refractivity contribution is 0.00109. The van der Waals surface area contributed by atoms with Crippen LogP contribution in [0.4, 0.5) is 0 Å². The standard InChI is InChI=1S/C17H16ClN3O3/c1-17(2,3)24-21-15(16-13(22)5-4-6-20-16)11-8-12(18)10(9-19)7-14(11)23/h4-8,22-23H,1-3H3/b21-15-. The van der Waals surface area contributed by atoms with E-state index in [0.717, 1.165) is 0 Å². The van der Waals surface area contributed by atoms with Crippen molar-refractivity contribution in [1.29, 1.82) is 5.26 Å². The minimum absolute atomic E-state index is 0.104. The molecule has 0 spiro atoms. The van der Waals surface area contributed by atoms with Crippen molar-refractivity contribution in [3.8, 4) is 17.6 Å². The zero-order chi connectivity index (χ0) is 17.9. The molecule has 124 valence electrons. The van der Waals surface area contributed by atoms with E-state index in [1.807, 2.05) is 6.07 Å². The van der Waals surface area contributed by atoms with Gasteiger partial charge in [0.15, 0.2) is 0 Å². The highest BCUT2D eigenvalue weighted by Gasteiger charge is 2.21. The first-order valence-electron chi connectivity index (χ1n) is 7.06. The number of aromatic hydroxyl groups is 2. The smallest absolute Gasteiger partial charge is 0.143 e. The molecule has 0 aliphatic heterocycles. The maximum Gasteiger partial charge on any atom is 0.143 e. The van der Waals surface area contributed by atoms with E-state index in [1.165, 1.54) is 24.4 Å². The van der Waals surface area contributed by atoms with Crippen LogP contribution in [-0.4, -0.2) is 26.5 Å². The summed E-state index contributed by atoms with van der Waals surface area (Å²) in [5.74, 6) is -0.356. The van der Waals surface area contributed by atoms with Crippen LogP contribution < -0.4 is 0 Å². The normalized spacial score (nSPS) is 11.9. The number of phenols is 1. The monoisotopic (exact) mass is 345 g/mol. The molecule has 0 fully saturated rings. The minimum Gasteiger partial charge on any atom is -0.507 e. The summed E-state index contributed by atoms with van der Waals surface area (Å²) in [6, 6.07) is 7.50. The van der Waals surface area contributed by atoms with Crippen molar-refractivity contribution in [2.75, 3.05) is 0 Å². The molecular weight excluding hydrogens is 330 g/mol. The van der Waals surface area contributed by atoms with Gasteiger partial charge in [-0.1, -0.05) is 16.8 Å². The number of rotatable bonds is 3. The van der Waals surface area contributed by atoms with Crippen LogP contribution in [0.15, 0.2) is 35.6 Å². The average molecular weight is 346 g/mol. The van der Waals surface area contributed by atoms with E-state index >= 15 is 0 Å². The molecule has 0 saturated carbocycles. The first-order valence-corrected chi connectivity index (χ1v) is 7.44. The molecule has 7 heteroatoms. The highest BCUT2D eigenvalue weighted by Crippen LogP contribution is 2.30. The summed E-state index contributed by atoms with van der Waals surface area (Å²) in [5, 5.41) is 33.5. The van der Waals surface area contributed by atoms with Crippen LogP contribution >= 0.6 is 11.6 Å². The van der Waals surface area contributed by atoms with Crippen LogP contribution in [0.2, 0.25) is 5.02 Å². The second-order valence-corrected chi connectivity index (χ2v) is 6.38. The Labute approximate surface area is 144 Å². The maximum atomic E-state index is 10.2. The fraction of sp³-hybridized carbons (Fsp3) is 0.235. The van der Waals surface area contributed by atoms with Crippen molar-refractivity contribution in [1.82, 2.24) is 4.98 Å². The van der Waals surface area contributed by atoms with Crippen LogP contribution in [-0.2, 0) is 4.84 Å². The number of phenolic OH excluding ortho intramolecular Hbond substituents is 1. The lowest BCUT2D eigenvalue weighted by Crippen LogP contribution is -2.18. The fourth-order valence-corrected chi connectivity index (χ4v) is 2.02. The van der Waals surface area contributed by atoms with E-state index in [-0.39, 0.29) is 39.1 Å². The van der Waals surface area contributed by atoms with Gasteiger partial charge in [-0.2, -0.15) is 5.26 Å². The molecule has 0 aliphatic rings. The molecule has 0 aliphatic carbocycles. The lowest BCUT2D eigenvalue weighted by atomic mass is 10.0. The summed E-state index contributed by atoms with van der Waals surface area (Å²) >= 11 is 6.05. The van der Waals surface area contributed by atoms with Gasteiger partial charge in [-0.25, -0.2) is 0 Å². The Morgan fingerprint density at radius 2 is 2.00 bits per heavy atom. The second kappa shape index (κ2) is 6.77. The van der Waals surface area contributed by atoms with E-state index in [9.17, 15) is 10.2 Å². The number of aromatic nitrogens is 1. The minimum atomic E-state index is -0.596. The van der Waals surface area contributed by atoms with Gasteiger partial charge in [0.05, 0.1) is 10.6 Å². The summed E-state index contributed by atoms with van der Waals surface area (Å²) in [6.45, 7) is 5.41. The highest BCUT2D eigenvalue weighted by molar-refractivity contribution is 6.32. The largest absolute Gasteiger partial charge is 0.507 e. The lowest BCUT2D eigenvalue weighted by Gasteiger charge is -2.18. The number of nitriles is 1. The average Bonchev–Trinajstić information content (AvgIpc) is 2.50. The number of hydrogen-bond acceptors (Lipinski definition) is 6. The molecule has 0 atom stereocenters. The Balaban J connectivity index is 2.66. The van der Waals surface area contributed by atoms with Crippen molar-refractivity contribution in [2.24, 2.45) is 5.16 Å². The van der Waals surface area contributed by atoms with Crippen molar-refractivity contribution in [3.05, 3.63) is 52.3 Å². The van der Waals surface area contributed by atoms with Crippen molar-refractivity contribution in [3.63, 3.8) is 0 Å². The van der Waals surface area contributed by atoms with Crippen LogP contribution in [0.3, 0.4) is 0 Å². The van der Waals surface area contributed by atoms with Crippen LogP contribution in [0, 0.1) is 11.3 Å². The van der Waals surface area contributed by atoms with Gasteiger partial charge in [-0.05, 0) is 45.0 Å². The number of oxime groups is 1. The van der Waals surface area contributed by atoms with Crippen LogP contribution in [0.5, 0.6) is 11.5 Å². The molecule has 1 aromatic carbocycles. The number of nitrogens with zero attached hydrogens (tertiary/aromatic N) is 3. The molecule has 0 amide bonds. The van der Waals surface area contributed by atoms with E-state index in [1.54, 1.807) is 26.8 Å². The Morgan fingerprint density at radius 1 is 1.29 bits per heavy atom. The van der Waals surface area contributed by atoms with Crippen LogP contribution in [0.1, 0.15) is 37.6 Å². The van der Waals surface area contributed by atoms with Gasteiger partial charge < -0.3 is 15.1 Å². The molecule has 2 N–H and O–H groups in total. The topological polar surface area (TPSA) is 98.7 Å². The Morgan fingerprint density at radius 3 is 2.58 bits per heavy atom. The van der Waals surface area contributed by atoms with E-state index < -0.39 is 5.60 Å². The molecule has 1 aromatic heterocycles. The molecule has 6 nitrogen and oxygen atoms in total. The van der Waals surface area contributed by atoms with E-state index in [2.05, 4.69) is 10.1 Å². The van der Waals surface area contributed by atoms with E-state index in [0.29, 0.717) is 0 Å². The number of pyridine rings is 1. The summed E-state index contributed by atoms with van der Waals surface area (Å²) < 4.78 is 0. The summed E-state index contributed by atoms with van der Waals surface area (Å²) in [6.07, 6.45) is 1.48. The molecule has 1 heterocycles. The molecule has 24 heavy (non-hydrogen) atoms. The fourth-order valence-electron chi connectivity index (χ4n) is 1.82. The number of hydrogen-bond donors (Lipinski definition) is 2. The molecule has 0 saturated heterocycles. The predicted molar refractivity (Wildman–Crippen MR) is 90.2 cm³/mol. The third kappa shape index (κ3) is 3.94. The van der Waals surface area contributed by atoms with Crippen molar-refractivity contribution < 1.29 is 15.1 Å². The van der Waals surface area contributed by atoms with Gasteiger partial charge in [-0.3, -0.25) is 4.98 Å². The van der Waals surface area contributed by atoms with Gasteiger partial charge in [-0.15, -0.1) is 0 Å². The summed E-state index contributed by atoms with van der Waals surface area (Å²) in [7, 11) is 0. The Bertz CT molecular complexity index is 836. The zero-order valence-corrected chi connectivity index (χ0v) is 14.2. The quantitative estimate of drug-likeness (QED) is 0.654. The molecule has 0 radical (unpaired) electrons.